The maximum absolute atomic E-state index is 5.30. The Hall–Kier alpha value is -1.02. The molecular formula is C8H12N2. The zero-order valence-electron chi connectivity index (χ0n) is 6.12. The third kappa shape index (κ3) is 1.48. The zero-order chi connectivity index (χ0) is 7.40. The summed E-state index contributed by atoms with van der Waals surface area (Å²) in [6, 6.07) is 4.06. The molecule has 2 N–H and O–H groups in total. The molecule has 0 spiro atoms. The molecule has 0 aliphatic rings. The molecule has 0 aromatic carbocycles. The van der Waals surface area contributed by atoms with Crippen LogP contribution in [0.25, 0.3) is 6.08 Å². The highest BCUT2D eigenvalue weighted by atomic mass is 14.9. The van der Waals surface area contributed by atoms with Gasteiger partial charge in [0.25, 0.3) is 0 Å². The molecule has 0 aliphatic heterocycles. The first-order valence-electron chi connectivity index (χ1n) is 3.32. The van der Waals surface area contributed by atoms with Crippen LogP contribution in [0.3, 0.4) is 0 Å². The van der Waals surface area contributed by atoms with Gasteiger partial charge in [0.1, 0.15) is 0 Å². The monoisotopic (exact) mass is 136 g/mol. The van der Waals surface area contributed by atoms with Gasteiger partial charge in [0.2, 0.25) is 0 Å². The summed E-state index contributed by atoms with van der Waals surface area (Å²) in [7, 11) is 2.01. The van der Waals surface area contributed by atoms with Gasteiger partial charge < -0.3 is 10.3 Å². The molecule has 0 fully saturated rings. The van der Waals surface area contributed by atoms with E-state index in [1.54, 1.807) is 0 Å². The second-order valence-corrected chi connectivity index (χ2v) is 2.18. The molecule has 1 heterocycles. The van der Waals surface area contributed by atoms with E-state index < -0.39 is 0 Å². The molecule has 0 aliphatic carbocycles. The van der Waals surface area contributed by atoms with Crippen molar-refractivity contribution >= 4 is 6.08 Å². The van der Waals surface area contributed by atoms with Crippen LogP contribution in [-0.2, 0) is 7.05 Å². The van der Waals surface area contributed by atoms with E-state index in [0.717, 1.165) is 0 Å². The van der Waals surface area contributed by atoms with Gasteiger partial charge in [-0.25, -0.2) is 0 Å². The maximum Gasteiger partial charge on any atom is 0.0401 e. The van der Waals surface area contributed by atoms with Crippen molar-refractivity contribution in [2.45, 2.75) is 0 Å². The van der Waals surface area contributed by atoms with Crippen LogP contribution in [0.5, 0.6) is 0 Å². The lowest BCUT2D eigenvalue weighted by Gasteiger charge is -1.93. The van der Waals surface area contributed by atoms with Crippen molar-refractivity contribution in [2.24, 2.45) is 12.8 Å². The second kappa shape index (κ2) is 3.22. The van der Waals surface area contributed by atoms with Crippen molar-refractivity contribution in [3.05, 3.63) is 30.1 Å². The molecule has 1 rings (SSSR count). The summed E-state index contributed by atoms with van der Waals surface area (Å²) in [4.78, 5) is 0. The Bertz CT molecular complexity index is 223. The number of aryl methyl sites for hydroxylation is 1. The van der Waals surface area contributed by atoms with Crippen LogP contribution in [0.4, 0.5) is 0 Å². The second-order valence-electron chi connectivity index (χ2n) is 2.18. The van der Waals surface area contributed by atoms with Crippen molar-refractivity contribution in [2.75, 3.05) is 6.54 Å². The summed E-state index contributed by atoms with van der Waals surface area (Å²) in [5, 5.41) is 0. The van der Waals surface area contributed by atoms with Crippen molar-refractivity contribution in [3.8, 4) is 0 Å². The van der Waals surface area contributed by atoms with E-state index in [9.17, 15) is 0 Å². The minimum Gasteiger partial charge on any atom is -0.351 e. The highest BCUT2D eigenvalue weighted by molar-refractivity contribution is 5.45. The molecule has 0 bridgehead atoms. The molecule has 1 aromatic heterocycles. The van der Waals surface area contributed by atoms with Gasteiger partial charge in [-0.15, -0.1) is 0 Å². The number of aromatic nitrogens is 1. The average Bonchev–Trinajstić information content (AvgIpc) is 2.31. The molecule has 0 atom stereocenters. The lowest BCUT2D eigenvalue weighted by atomic mass is 10.4. The largest absolute Gasteiger partial charge is 0.351 e. The Balaban J connectivity index is 2.74. The fourth-order valence-electron chi connectivity index (χ4n) is 0.836. The van der Waals surface area contributed by atoms with Crippen LogP contribution in [0, 0.1) is 0 Å². The van der Waals surface area contributed by atoms with Crippen LogP contribution in [0.1, 0.15) is 5.69 Å². The summed E-state index contributed by atoms with van der Waals surface area (Å²) in [5.74, 6) is 0. The number of nitrogens with two attached hydrogens (primary N) is 1. The molecule has 0 radical (unpaired) electrons. The lowest BCUT2D eigenvalue weighted by molar-refractivity contribution is 0.914. The van der Waals surface area contributed by atoms with E-state index in [4.69, 9.17) is 5.73 Å². The van der Waals surface area contributed by atoms with E-state index in [0.29, 0.717) is 6.54 Å². The smallest absolute Gasteiger partial charge is 0.0401 e. The van der Waals surface area contributed by atoms with Gasteiger partial charge in [0, 0.05) is 25.5 Å². The minimum atomic E-state index is 0.602. The summed E-state index contributed by atoms with van der Waals surface area (Å²) in [6.45, 7) is 0.602. The Morgan fingerprint density at radius 2 is 2.50 bits per heavy atom. The molecule has 54 valence electrons. The predicted octanol–water partition coefficient (Wildman–Crippen LogP) is 0.997. The molecule has 10 heavy (non-hydrogen) atoms. The molecular weight excluding hydrogens is 124 g/mol. The van der Waals surface area contributed by atoms with E-state index in [1.807, 2.05) is 42.1 Å². The third-order valence-electron chi connectivity index (χ3n) is 1.41. The standard InChI is InChI=1S/C8H12N2/c1-10-7-3-5-8(10)4-2-6-9/h2-5,7H,6,9H2,1H3. The Labute approximate surface area is 61.0 Å². The Morgan fingerprint density at radius 1 is 1.70 bits per heavy atom. The highest BCUT2D eigenvalue weighted by Gasteiger charge is 1.87. The van der Waals surface area contributed by atoms with Gasteiger partial charge in [0.05, 0.1) is 0 Å². The van der Waals surface area contributed by atoms with E-state index >= 15 is 0 Å². The molecule has 0 saturated carbocycles. The minimum absolute atomic E-state index is 0.602. The molecule has 2 nitrogen and oxygen atoms in total. The SMILES string of the molecule is Cn1cccc1C=CCN. The Morgan fingerprint density at radius 3 is 3.00 bits per heavy atom. The van der Waals surface area contributed by atoms with Gasteiger partial charge in [-0.3, -0.25) is 0 Å². The normalized spacial score (nSPS) is 11.0. The van der Waals surface area contributed by atoms with Crippen molar-refractivity contribution < 1.29 is 0 Å². The van der Waals surface area contributed by atoms with E-state index in [1.165, 1.54) is 5.69 Å². The summed E-state index contributed by atoms with van der Waals surface area (Å²) < 4.78 is 2.05. The predicted molar refractivity (Wildman–Crippen MR) is 43.5 cm³/mol. The first kappa shape index (κ1) is 7.09. The first-order valence-corrected chi connectivity index (χ1v) is 3.32. The van der Waals surface area contributed by atoms with Crippen LogP contribution in [-0.4, -0.2) is 11.1 Å². The topological polar surface area (TPSA) is 30.9 Å². The fourth-order valence-corrected chi connectivity index (χ4v) is 0.836. The van der Waals surface area contributed by atoms with Crippen molar-refractivity contribution in [1.82, 2.24) is 4.57 Å². The van der Waals surface area contributed by atoms with Gasteiger partial charge in [-0.2, -0.15) is 0 Å². The van der Waals surface area contributed by atoms with Gasteiger partial charge >= 0.3 is 0 Å². The summed E-state index contributed by atoms with van der Waals surface area (Å²) in [5.41, 5.74) is 6.48. The van der Waals surface area contributed by atoms with Gasteiger partial charge in [-0.05, 0) is 18.2 Å². The number of hydrogen-bond donors (Lipinski definition) is 1. The lowest BCUT2D eigenvalue weighted by Crippen LogP contribution is -1.93. The fraction of sp³-hybridized carbons (Fsp3) is 0.250. The molecule has 1 aromatic rings. The summed E-state index contributed by atoms with van der Waals surface area (Å²) >= 11 is 0. The molecule has 0 amide bonds. The quantitative estimate of drug-likeness (QED) is 0.646. The van der Waals surface area contributed by atoms with Crippen LogP contribution in [0.15, 0.2) is 24.4 Å². The molecule has 2 heteroatoms. The number of rotatable bonds is 2. The van der Waals surface area contributed by atoms with Crippen LogP contribution in [0.2, 0.25) is 0 Å². The zero-order valence-corrected chi connectivity index (χ0v) is 6.12. The van der Waals surface area contributed by atoms with E-state index in [2.05, 4.69) is 0 Å². The molecule has 0 saturated heterocycles. The maximum atomic E-state index is 5.30. The summed E-state index contributed by atoms with van der Waals surface area (Å²) in [6.07, 6.45) is 5.96. The Kier molecular flexibility index (Phi) is 2.29. The third-order valence-corrected chi connectivity index (χ3v) is 1.41. The van der Waals surface area contributed by atoms with Gasteiger partial charge in [0.15, 0.2) is 0 Å². The van der Waals surface area contributed by atoms with E-state index in [-0.39, 0.29) is 0 Å². The van der Waals surface area contributed by atoms with Crippen LogP contribution < -0.4 is 5.73 Å². The first-order chi connectivity index (χ1) is 4.84. The van der Waals surface area contributed by atoms with Crippen LogP contribution >= 0.6 is 0 Å². The number of nitrogens with zero attached hydrogens (tertiary/aromatic N) is 1. The van der Waals surface area contributed by atoms with Crippen molar-refractivity contribution in [3.63, 3.8) is 0 Å². The average molecular weight is 136 g/mol. The van der Waals surface area contributed by atoms with Gasteiger partial charge in [-0.1, -0.05) is 6.08 Å². The highest BCUT2D eigenvalue weighted by Crippen LogP contribution is 2.00. The molecule has 0 unspecified atom stereocenters. The van der Waals surface area contributed by atoms with Crippen molar-refractivity contribution in [1.29, 1.82) is 0 Å². The number of hydrogen-bond acceptors (Lipinski definition) is 1.